The third-order valence-corrected chi connectivity index (χ3v) is 5.81. The van der Waals surface area contributed by atoms with E-state index < -0.39 is 46.5 Å². The average molecular weight is 544 g/mol. The summed E-state index contributed by atoms with van der Waals surface area (Å²) in [5.74, 6) is 0. The summed E-state index contributed by atoms with van der Waals surface area (Å²) in [6, 6.07) is 9.79. The van der Waals surface area contributed by atoms with Crippen molar-refractivity contribution in [2.75, 3.05) is 0 Å². The lowest BCUT2D eigenvalue weighted by atomic mass is 9.83. The van der Waals surface area contributed by atoms with Gasteiger partial charge in [0.25, 0.3) is 0 Å². The largest absolute Gasteiger partial charge is 0.434 e. The zero-order chi connectivity index (χ0) is 28.1. The van der Waals surface area contributed by atoms with Crippen molar-refractivity contribution >= 4 is 0 Å². The number of rotatable bonds is 4. The van der Waals surface area contributed by atoms with Gasteiger partial charge in [-0.25, -0.2) is 4.68 Å². The molecule has 0 saturated heterocycles. The van der Waals surface area contributed by atoms with E-state index in [4.69, 9.17) is 0 Å². The van der Waals surface area contributed by atoms with Crippen molar-refractivity contribution in [3.05, 3.63) is 95.2 Å². The Morgan fingerprint density at radius 2 is 1.34 bits per heavy atom. The number of hydrogen-bond donors (Lipinski definition) is 0. The van der Waals surface area contributed by atoms with Crippen LogP contribution >= 0.6 is 0 Å². The van der Waals surface area contributed by atoms with Crippen molar-refractivity contribution < 1.29 is 39.5 Å². The Hall–Kier alpha value is -3.90. The molecule has 200 valence electrons. The van der Waals surface area contributed by atoms with Crippen LogP contribution in [-0.4, -0.2) is 19.7 Å². The summed E-state index contributed by atoms with van der Waals surface area (Å²) < 4.78 is 122. The number of hydrogen-bond acceptors (Lipinski definition) is 3. The number of pyridine rings is 2. The molecular formula is C25H17F9N4. The van der Waals surface area contributed by atoms with Crippen LogP contribution in [0.3, 0.4) is 0 Å². The fourth-order valence-corrected chi connectivity index (χ4v) is 3.87. The number of benzene rings is 1. The maximum Gasteiger partial charge on any atom is 0.434 e. The van der Waals surface area contributed by atoms with Gasteiger partial charge in [0.2, 0.25) is 0 Å². The molecule has 3 heterocycles. The topological polar surface area (TPSA) is 43.6 Å². The average Bonchev–Trinajstić information content (AvgIpc) is 3.31. The van der Waals surface area contributed by atoms with Crippen molar-refractivity contribution in [2.24, 2.45) is 0 Å². The quantitative estimate of drug-likeness (QED) is 0.247. The van der Waals surface area contributed by atoms with Crippen molar-refractivity contribution in [1.29, 1.82) is 0 Å². The molecule has 4 aromatic rings. The molecular weight excluding hydrogens is 527 g/mol. The highest BCUT2D eigenvalue weighted by Gasteiger charge is 2.43. The molecule has 0 bridgehead atoms. The van der Waals surface area contributed by atoms with Crippen LogP contribution in [-0.2, 0) is 23.9 Å². The van der Waals surface area contributed by atoms with E-state index in [2.05, 4.69) is 15.1 Å². The molecule has 0 aliphatic carbocycles. The van der Waals surface area contributed by atoms with Gasteiger partial charge in [-0.15, -0.1) is 0 Å². The van der Waals surface area contributed by atoms with E-state index in [0.717, 1.165) is 29.1 Å². The first-order valence-electron chi connectivity index (χ1n) is 10.8. The number of alkyl halides is 9. The van der Waals surface area contributed by atoms with E-state index in [9.17, 15) is 39.5 Å². The smallest absolute Gasteiger partial charge is 0.252 e. The highest BCUT2D eigenvalue weighted by atomic mass is 19.4. The van der Waals surface area contributed by atoms with Gasteiger partial charge in [-0.3, -0.25) is 9.97 Å². The van der Waals surface area contributed by atoms with Gasteiger partial charge in [-0.1, -0.05) is 6.07 Å². The van der Waals surface area contributed by atoms with Crippen LogP contribution in [0.5, 0.6) is 0 Å². The molecule has 3 aromatic heterocycles. The van der Waals surface area contributed by atoms with Gasteiger partial charge in [0.1, 0.15) is 0 Å². The third kappa shape index (κ3) is 5.22. The van der Waals surface area contributed by atoms with E-state index in [1.165, 1.54) is 38.1 Å². The van der Waals surface area contributed by atoms with Crippen LogP contribution in [0.4, 0.5) is 39.5 Å². The molecule has 0 radical (unpaired) electrons. The second-order valence-electron chi connectivity index (χ2n) is 8.81. The van der Waals surface area contributed by atoms with Gasteiger partial charge in [0, 0.05) is 18.0 Å². The Bertz CT molecular complexity index is 1450. The van der Waals surface area contributed by atoms with Crippen molar-refractivity contribution in [1.82, 2.24) is 19.7 Å². The van der Waals surface area contributed by atoms with Crippen molar-refractivity contribution in [3.8, 4) is 16.9 Å². The third-order valence-electron chi connectivity index (χ3n) is 5.81. The van der Waals surface area contributed by atoms with Gasteiger partial charge < -0.3 is 0 Å². The fourth-order valence-electron chi connectivity index (χ4n) is 3.87. The van der Waals surface area contributed by atoms with Crippen LogP contribution in [0.25, 0.3) is 16.9 Å². The number of aromatic nitrogens is 4. The van der Waals surface area contributed by atoms with Crippen LogP contribution in [0.1, 0.15) is 42.1 Å². The standard InChI is InChI=1S/C25H17F9N4/c1-22(2,19-7-3-6-18(36-19)16-5-4-12-35-20(16)25(32,33)34)21-17(24(29,30)31)13-38(37-21)15-10-8-14(9-11-15)23(26,27)28/h3-13H,1-2H3. The summed E-state index contributed by atoms with van der Waals surface area (Å²) in [7, 11) is 0. The Balaban J connectivity index is 1.82. The minimum absolute atomic E-state index is 0.0184. The lowest BCUT2D eigenvalue weighted by Gasteiger charge is -2.25. The van der Waals surface area contributed by atoms with Gasteiger partial charge in [-0.2, -0.15) is 44.6 Å². The molecule has 4 rings (SSSR count). The Labute approximate surface area is 209 Å². The van der Waals surface area contributed by atoms with E-state index in [0.29, 0.717) is 18.3 Å². The molecule has 0 aliphatic rings. The van der Waals surface area contributed by atoms with E-state index in [1.54, 1.807) is 0 Å². The molecule has 0 saturated carbocycles. The summed E-state index contributed by atoms with van der Waals surface area (Å²) >= 11 is 0. The minimum atomic E-state index is -4.90. The molecule has 0 spiro atoms. The fraction of sp³-hybridized carbons (Fsp3) is 0.240. The molecule has 0 aliphatic heterocycles. The monoisotopic (exact) mass is 544 g/mol. The van der Waals surface area contributed by atoms with Crippen LogP contribution in [0.2, 0.25) is 0 Å². The van der Waals surface area contributed by atoms with Gasteiger partial charge in [0.05, 0.1) is 39.3 Å². The Morgan fingerprint density at radius 1 is 0.684 bits per heavy atom. The molecule has 38 heavy (non-hydrogen) atoms. The van der Waals surface area contributed by atoms with Crippen molar-refractivity contribution in [3.63, 3.8) is 0 Å². The summed E-state index contributed by atoms with van der Waals surface area (Å²) in [6.07, 6.45) is -12.7. The zero-order valence-electron chi connectivity index (χ0n) is 19.5. The highest BCUT2D eigenvalue weighted by molar-refractivity contribution is 5.63. The molecule has 0 atom stereocenters. The SMILES string of the molecule is CC(C)(c1cccc(-c2cccnc2C(F)(F)F)n1)c1nn(-c2ccc(C(F)(F)F)cc2)cc1C(F)(F)F. The lowest BCUT2D eigenvalue weighted by molar-refractivity contribution is -0.141. The molecule has 0 fully saturated rings. The normalized spacial score (nSPS) is 13.1. The Morgan fingerprint density at radius 3 is 1.92 bits per heavy atom. The van der Waals surface area contributed by atoms with E-state index in [1.807, 2.05) is 0 Å². The molecule has 0 N–H and O–H groups in total. The lowest BCUT2D eigenvalue weighted by Crippen LogP contribution is -2.25. The van der Waals surface area contributed by atoms with Crippen LogP contribution in [0, 0.1) is 0 Å². The minimum Gasteiger partial charge on any atom is -0.252 e. The van der Waals surface area contributed by atoms with Gasteiger partial charge in [-0.05, 0) is 62.4 Å². The predicted molar refractivity (Wildman–Crippen MR) is 118 cm³/mol. The first kappa shape index (κ1) is 27.1. The second-order valence-corrected chi connectivity index (χ2v) is 8.81. The number of halogens is 9. The summed E-state index contributed by atoms with van der Waals surface area (Å²) in [5.41, 5.74) is -6.06. The summed E-state index contributed by atoms with van der Waals surface area (Å²) in [6.45, 7) is 2.73. The summed E-state index contributed by atoms with van der Waals surface area (Å²) in [4.78, 5) is 7.61. The predicted octanol–water partition coefficient (Wildman–Crippen LogP) is 7.71. The van der Waals surface area contributed by atoms with E-state index >= 15 is 0 Å². The molecule has 13 heteroatoms. The van der Waals surface area contributed by atoms with Crippen LogP contribution in [0.15, 0.2) is 67.0 Å². The van der Waals surface area contributed by atoms with E-state index in [-0.39, 0.29) is 22.6 Å². The maximum atomic E-state index is 14.0. The molecule has 0 amide bonds. The van der Waals surface area contributed by atoms with Crippen molar-refractivity contribution in [2.45, 2.75) is 37.8 Å². The maximum absolute atomic E-state index is 14.0. The highest BCUT2D eigenvalue weighted by Crippen LogP contribution is 2.41. The zero-order valence-corrected chi connectivity index (χ0v) is 19.5. The molecule has 4 nitrogen and oxygen atoms in total. The number of nitrogens with zero attached hydrogens (tertiary/aromatic N) is 4. The molecule has 1 aromatic carbocycles. The second kappa shape index (κ2) is 9.14. The first-order valence-corrected chi connectivity index (χ1v) is 10.8. The van der Waals surface area contributed by atoms with Gasteiger partial charge in [0.15, 0.2) is 5.69 Å². The Kier molecular flexibility index (Phi) is 6.53. The van der Waals surface area contributed by atoms with Crippen LogP contribution < -0.4 is 0 Å². The molecule has 0 unspecified atom stereocenters. The first-order chi connectivity index (χ1) is 17.5. The van der Waals surface area contributed by atoms with Gasteiger partial charge >= 0.3 is 18.5 Å². The summed E-state index contributed by atoms with van der Waals surface area (Å²) in [5, 5.41) is 4.03.